The van der Waals surface area contributed by atoms with Crippen molar-refractivity contribution in [1.29, 1.82) is 0 Å². The molecule has 2 aromatic carbocycles. The van der Waals surface area contributed by atoms with Crippen LogP contribution in [0.1, 0.15) is 78.8 Å². The standard InChI is InChI=1S/C17H16O2.C4H10.C2H6/c1-12-3-7-14(8-4-12)16(18)11-17(19)15-9-5-13(2)6-10-15;1-3-4-2;1-2/h3-10H,11H2,1-2H3;3-4H2,1-2H3;1-2H3. The highest BCUT2D eigenvalue weighted by atomic mass is 16.1. The third-order valence-corrected chi connectivity index (χ3v) is 3.57. The van der Waals surface area contributed by atoms with Gasteiger partial charge in [-0.3, -0.25) is 9.59 Å². The number of rotatable bonds is 5. The van der Waals surface area contributed by atoms with Crippen LogP contribution in [0, 0.1) is 13.8 Å². The number of unbranched alkanes of at least 4 members (excludes halogenated alkanes) is 1. The van der Waals surface area contributed by atoms with E-state index in [1.165, 1.54) is 12.8 Å². The predicted octanol–water partition coefficient (Wildman–Crippen LogP) is 6.59. The second-order valence-corrected chi connectivity index (χ2v) is 5.76. The normalized spacial score (nSPS) is 9.20. The van der Waals surface area contributed by atoms with Gasteiger partial charge in [-0.25, -0.2) is 0 Å². The zero-order chi connectivity index (χ0) is 19.2. The smallest absolute Gasteiger partial charge is 0.170 e. The van der Waals surface area contributed by atoms with E-state index in [-0.39, 0.29) is 18.0 Å². The van der Waals surface area contributed by atoms with Crippen LogP contribution in [-0.4, -0.2) is 11.6 Å². The summed E-state index contributed by atoms with van der Waals surface area (Å²) < 4.78 is 0. The highest BCUT2D eigenvalue weighted by Gasteiger charge is 2.13. The molecule has 2 heteroatoms. The first-order valence-corrected chi connectivity index (χ1v) is 9.17. The molecule has 0 fully saturated rings. The highest BCUT2D eigenvalue weighted by molar-refractivity contribution is 6.13. The minimum absolute atomic E-state index is 0.0773. The molecule has 0 N–H and O–H groups in total. The van der Waals surface area contributed by atoms with Gasteiger partial charge in [-0.1, -0.05) is 100 Å². The van der Waals surface area contributed by atoms with E-state index in [2.05, 4.69) is 13.8 Å². The third-order valence-electron chi connectivity index (χ3n) is 3.57. The summed E-state index contributed by atoms with van der Waals surface area (Å²) in [6.45, 7) is 12.3. The number of hydrogen-bond donors (Lipinski definition) is 0. The number of benzene rings is 2. The van der Waals surface area contributed by atoms with Crippen molar-refractivity contribution in [2.45, 2.75) is 60.8 Å². The molecule has 136 valence electrons. The SMILES string of the molecule is CC.CCCC.Cc1ccc(C(=O)CC(=O)c2ccc(C)cc2)cc1. The maximum Gasteiger partial charge on any atom is 0.170 e. The molecule has 0 amide bonds. The van der Waals surface area contributed by atoms with Crippen molar-refractivity contribution >= 4 is 11.6 Å². The zero-order valence-electron chi connectivity index (χ0n) is 16.6. The van der Waals surface area contributed by atoms with E-state index in [1.54, 1.807) is 24.3 Å². The Morgan fingerprint density at radius 1 is 0.640 bits per heavy atom. The Labute approximate surface area is 153 Å². The summed E-state index contributed by atoms with van der Waals surface area (Å²) >= 11 is 0. The van der Waals surface area contributed by atoms with Crippen LogP contribution < -0.4 is 0 Å². The quantitative estimate of drug-likeness (QED) is 0.454. The summed E-state index contributed by atoms with van der Waals surface area (Å²) in [5, 5.41) is 0. The summed E-state index contributed by atoms with van der Waals surface area (Å²) in [5.41, 5.74) is 3.37. The van der Waals surface area contributed by atoms with Gasteiger partial charge >= 0.3 is 0 Å². The Morgan fingerprint density at radius 2 is 0.920 bits per heavy atom. The lowest BCUT2D eigenvalue weighted by molar-refractivity contribution is 0.0894. The molecular weight excluding hydrogens is 308 g/mol. The number of Topliss-reactive ketones (excluding diaryl/α,β-unsaturated/α-hetero) is 2. The van der Waals surface area contributed by atoms with E-state index in [0.717, 1.165) is 11.1 Å². The summed E-state index contributed by atoms with van der Waals surface area (Å²) in [6.07, 6.45) is 2.56. The molecule has 0 saturated carbocycles. The van der Waals surface area contributed by atoms with Gasteiger partial charge in [0.15, 0.2) is 11.6 Å². The van der Waals surface area contributed by atoms with Crippen LogP contribution in [0.15, 0.2) is 48.5 Å². The fourth-order valence-electron chi connectivity index (χ4n) is 1.83. The lowest BCUT2D eigenvalue weighted by atomic mass is 10.0. The molecule has 0 aliphatic rings. The van der Waals surface area contributed by atoms with E-state index in [4.69, 9.17) is 0 Å². The average molecular weight is 341 g/mol. The van der Waals surface area contributed by atoms with Crippen LogP contribution in [0.25, 0.3) is 0 Å². The van der Waals surface area contributed by atoms with Crippen molar-refractivity contribution in [3.8, 4) is 0 Å². The van der Waals surface area contributed by atoms with Crippen molar-refractivity contribution in [2.75, 3.05) is 0 Å². The van der Waals surface area contributed by atoms with Crippen molar-refractivity contribution < 1.29 is 9.59 Å². The molecule has 0 saturated heterocycles. The van der Waals surface area contributed by atoms with E-state index in [1.807, 2.05) is 52.0 Å². The van der Waals surface area contributed by atoms with Crippen molar-refractivity contribution in [3.05, 3.63) is 70.8 Å². The van der Waals surface area contributed by atoms with Gasteiger partial charge in [0.2, 0.25) is 0 Å². The number of ketones is 2. The fourth-order valence-corrected chi connectivity index (χ4v) is 1.83. The molecule has 0 aliphatic heterocycles. The molecular formula is C23H32O2. The lowest BCUT2D eigenvalue weighted by Gasteiger charge is -2.02. The summed E-state index contributed by atoms with van der Waals surface area (Å²) in [5.74, 6) is -0.267. The molecule has 0 bridgehead atoms. The van der Waals surface area contributed by atoms with Crippen LogP contribution in [-0.2, 0) is 0 Å². The minimum Gasteiger partial charge on any atom is -0.294 e. The second kappa shape index (κ2) is 13.1. The van der Waals surface area contributed by atoms with Crippen molar-refractivity contribution in [1.82, 2.24) is 0 Å². The maximum absolute atomic E-state index is 12.0. The van der Waals surface area contributed by atoms with Crippen molar-refractivity contribution in [3.63, 3.8) is 0 Å². The van der Waals surface area contributed by atoms with Gasteiger partial charge in [0.1, 0.15) is 0 Å². The Hall–Kier alpha value is -2.22. The van der Waals surface area contributed by atoms with Gasteiger partial charge in [0.05, 0.1) is 6.42 Å². The number of hydrogen-bond acceptors (Lipinski definition) is 2. The molecule has 0 aromatic heterocycles. The van der Waals surface area contributed by atoms with Gasteiger partial charge in [-0.15, -0.1) is 0 Å². The van der Waals surface area contributed by atoms with Crippen LogP contribution in [0.4, 0.5) is 0 Å². The number of aryl methyl sites for hydroxylation is 2. The topological polar surface area (TPSA) is 34.1 Å². The van der Waals surface area contributed by atoms with E-state index in [9.17, 15) is 9.59 Å². The molecule has 2 aromatic rings. The van der Waals surface area contributed by atoms with Crippen LogP contribution in [0.5, 0.6) is 0 Å². The Kier molecular flexibility index (Phi) is 11.9. The average Bonchev–Trinajstić information content (AvgIpc) is 2.64. The maximum atomic E-state index is 12.0. The van der Waals surface area contributed by atoms with E-state index >= 15 is 0 Å². The molecule has 0 unspecified atom stereocenters. The van der Waals surface area contributed by atoms with Gasteiger partial charge in [0, 0.05) is 11.1 Å². The molecule has 0 atom stereocenters. The van der Waals surface area contributed by atoms with Gasteiger partial charge in [-0.05, 0) is 13.8 Å². The highest BCUT2D eigenvalue weighted by Crippen LogP contribution is 2.11. The first-order chi connectivity index (χ1) is 12.0. The van der Waals surface area contributed by atoms with Crippen LogP contribution in [0.2, 0.25) is 0 Å². The number of carbonyl (C=O) groups is 2. The van der Waals surface area contributed by atoms with Crippen molar-refractivity contribution in [2.24, 2.45) is 0 Å². The molecule has 25 heavy (non-hydrogen) atoms. The molecule has 0 aliphatic carbocycles. The molecule has 0 spiro atoms. The van der Waals surface area contributed by atoms with Crippen LogP contribution in [0.3, 0.4) is 0 Å². The molecule has 2 nitrogen and oxygen atoms in total. The Balaban J connectivity index is 0.000000845. The van der Waals surface area contributed by atoms with E-state index < -0.39 is 0 Å². The second-order valence-electron chi connectivity index (χ2n) is 5.76. The summed E-state index contributed by atoms with van der Waals surface area (Å²) in [7, 11) is 0. The van der Waals surface area contributed by atoms with Gasteiger partial charge < -0.3 is 0 Å². The molecule has 2 rings (SSSR count). The first-order valence-electron chi connectivity index (χ1n) is 9.17. The lowest BCUT2D eigenvalue weighted by Crippen LogP contribution is -2.08. The summed E-state index contributed by atoms with van der Waals surface area (Å²) in [6, 6.07) is 14.6. The van der Waals surface area contributed by atoms with E-state index in [0.29, 0.717) is 11.1 Å². The molecule has 0 heterocycles. The third kappa shape index (κ3) is 8.99. The van der Waals surface area contributed by atoms with Gasteiger partial charge in [0.25, 0.3) is 0 Å². The van der Waals surface area contributed by atoms with Crippen LogP contribution >= 0.6 is 0 Å². The summed E-state index contributed by atoms with van der Waals surface area (Å²) in [4.78, 5) is 24.0. The number of carbonyl (C=O) groups excluding carboxylic acids is 2. The van der Waals surface area contributed by atoms with Gasteiger partial charge in [-0.2, -0.15) is 0 Å². The largest absolute Gasteiger partial charge is 0.294 e. The zero-order valence-corrected chi connectivity index (χ0v) is 16.6. The Bertz CT molecular complexity index is 565. The Morgan fingerprint density at radius 3 is 1.16 bits per heavy atom. The fraction of sp³-hybridized carbons (Fsp3) is 0.391. The minimum atomic E-state index is -0.134. The first kappa shape index (κ1) is 22.8. The predicted molar refractivity (Wildman–Crippen MR) is 108 cm³/mol. The monoisotopic (exact) mass is 340 g/mol. The molecule has 0 radical (unpaired) electrons.